The van der Waals surface area contributed by atoms with E-state index in [0.29, 0.717) is 12.5 Å². The lowest BCUT2D eigenvalue weighted by Crippen LogP contribution is -2.41. The van der Waals surface area contributed by atoms with E-state index in [1.807, 2.05) is 13.8 Å². The van der Waals surface area contributed by atoms with Crippen LogP contribution in [0.3, 0.4) is 0 Å². The van der Waals surface area contributed by atoms with Gasteiger partial charge in [-0.05, 0) is 19.3 Å². The summed E-state index contributed by atoms with van der Waals surface area (Å²) in [6.07, 6.45) is 2.14. The maximum Gasteiger partial charge on any atom is 0.280 e. The molecule has 0 saturated carbocycles. The first kappa shape index (κ1) is 16.9. The van der Waals surface area contributed by atoms with E-state index in [0.717, 1.165) is 6.42 Å². The van der Waals surface area contributed by atoms with Gasteiger partial charge in [-0.25, -0.2) is 4.98 Å². The Morgan fingerprint density at radius 2 is 2.10 bits per heavy atom. The number of ether oxygens (including phenoxy) is 1. The van der Waals surface area contributed by atoms with Crippen LogP contribution < -0.4 is 15.8 Å². The molecular weight excluding hydrogens is 274 g/mol. The Balaban J connectivity index is 2.80. The van der Waals surface area contributed by atoms with Crippen LogP contribution in [0, 0.1) is 5.92 Å². The third-order valence-electron chi connectivity index (χ3n) is 2.71. The van der Waals surface area contributed by atoms with Crippen molar-refractivity contribution in [3.8, 4) is 11.5 Å². The summed E-state index contributed by atoms with van der Waals surface area (Å²) in [7, 11) is 0. The molecule has 1 aromatic rings. The zero-order valence-electron chi connectivity index (χ0n) is 12.4. The van der Waals surface area contributed by atoms with Crippen LogP contribution in [-0.4, -0.2) is 34.6 Å². The number of imide groups is 1. The Morgan fingerprint density at radius 1 is 1.43 bits per heavy atom. The van der Waals surface area contributed by atoms with Crippen LogP contribution in [0.15, 0.2) is 12.3 Å². The Labute approximate surface area is 123 Å². The molecule has 1 heterocycles. The van der Waals surface area contributed by atoms with Crippen molar-refractivity contribution in [3.05, 3.63) is 18.0 Å². The number of pyridine rings is 1. The highest BCUT2D eigenvalue weighted by Crippen LogP contribution is 2.28. The summed E-state index contributed by atoms with van der Waals surface area (Å²) < 4.78 is 5.41. The summed E-state index contributed by atoms with van der Waals surface area (Å²) >= 11 is 0. The molecule has 4 N–H and O–H groups in total. The quantitative estimate of drug-likeness (QED) is 0.715. The number of rotatable bonds is 6. The molecule has 116 valence electrons. The van der Waals surface area contributed by atoms with E-state index in [2.05, 4.69) is 10.3 Å². The number of hydrogen-bond acceptors (Lipinski definition) is 6. The zero-order chi connectivity index (χ0) is 16.0. The molecule has 0 bridgehead atoms. The Kier molecular flexibility index (Phi) is 6.10. The van der Waals surface area contributed by atoms with Crippen molar-refractivity contribution in [2.24, 2.45) is 11.7 Å². The van der Waals surface area contributed by atoms with Crippen LogP contribution in [0.1, 0.15) is 37.7 Å². The molecule has 0 saturated heterocycles. The Hall–Kier alpha value is -2.15. The smallest absolute Gasteiger partial charge is 0.280 e. The predicted molar refractivity (Wildman–Crippen MR) is 77.0 cm³/mol. The minimum absolute atomic E-state index is 0.157. The molecule has 0 spiro atoms. The van der Waals surface area contributed by atoms with E-state index in [1.165, 1.54) is 19.2 Å². The number of aromatic hydroxyl groups is 1. The van der Waals surface area contributed by atoms with Gasteiger partial charge in [0.05, 0.1) is 12.6 Å². The van der Waals surface area contributed by atoms with Gasteiger partial charge in [-0.3, -0.25) is 14.9 Å². The van der Waals surface area contributed by atoms with Gasteiger partial charge in [0.1, 0.15) is 0 Å². The van der Waals surface area contributed by atoms with Crippen molar-refractivity contribution in [2.75, 3.05) is 6.61 Å². The number of aromatic nitrogens is 1. The standard InChI is InChI=1S/C14H21N3O4/c1-8(2)5-7-21-10-4-6-16-11(12(10)18)14(20)17-13(19)9(3)15/h4,6,8-9,18H,5,7,15H2,1-3H3,(H,17,19,20)/t9-/m0/s1. The highest BCUT2D eigenvalue weighted by molar-refractivity contribution is 6.06. The van der Waals surface area contributed by atoms with Crippen LogP contribution >= 0.6 is 0 Å². The number of carbonyl (C=O) groups is 2. The second kappa shape index (κ2) is 7.58. The molecule has 7 nitrogen and oxygen atoms in total. The van der Waals surface area contributed by atoms with Gasteiger partial charge in [0.15, 0.2) is 17.2 Å². The molecule has 0 aliphatic heterocycles. The number of amides is 2. The fourth-order valence-corrected chi connectivity index (χ4v) is 1.41. The van der Waals surface area contributed by atoms with Gasteiger partial charge < -0.3 is 15.6 Å². The topological polar surface area (TPSA) is 115 Å². The predicted octanol–water partition coefficient (Wildman–Crippen LogP) is 0.816. The van der Waals surface area contributed by atoms with Gasteiger partial charge in [-0.15, -0.1) is 0 Å². The molecule has 0 aliphatic carbocycles. The van der Waals surface area contributed by atoms with Gasteiger partial charge >= 0.3 is 0 Å². The van der Waals surface area contributed by atoms with E-state index >= 15 is 0 Å². The lowest BCUT2D eigenvalue weighted by Gasteiger charge is -2.12. The average molecular weight is 295 g/mol. The molecule has 2 amide bonds. The van der Waals surface area contributed by atoms with Crippen molar-refractivity contribution in [1.82, 2.24) is 10.3 Å². The molecule has 0 unspecified atom stereocenters. The minimum Gasteiger partial charge on any atom is -0.503 e. The summed E-state index contributed by atoms with van der Waals surface area (Å²) in [4.78, 5) is 27.0. The maximum absolute atomic E-state index is 11.8. The van der Waals surface area contributed by atoms with Crippen molar-refractivity contribution >= 4 is 11.8 Å². The third-order valence-corrected chi connectivity index (χ3v) is 2.71. The van der Waals surface area contributed by atoms with Crippen molar-refractivity contribution in [3.63, 3.8) is 0 Å². The minimum atomic E-state index is -0.832. The van der Waals surface area contributed by atoms with Gasteiger partial charge in [0.25, 0.3) is 5.91 Å². The Morgan fingerprint density at radius 3 is 2.67 bits per heavy atom. The molecule has 1 aromatic heterocycles. The van der Waals surface area contributed by atoms with Gasteiger partial charge in [0, 0.05) is 12.3 Å². The van der Waals surface area contributed by atoms with E-state index in [4.69, 9.17) is 10.5 Å². The molecular formula is C14H21N3O4. The lowest BCUT2D eigenvalue weighted by molar-refractivity contribution is -0.121. The van der Waals surface area contributed by atoms with E-state index < -0.39 is 23.6 Å². The second-order valence-electron chi connectivity index (χ2n) is 5.14. The number of carbonyl (C=O) groups excluding carboxylic acids is 2. The third kappa shape index (κ3) is 5.03. The van der Waals surface area contributed by atoms with Crippen LogP contribution in [-0.2, 0) is 4.79 Å². The maximum atomic E-state index is 11.8. The summed E-state index contributed by atoms with van der Waals surface area (Å²) in [5.74, 6) is -1.24. The van der Waals surface area contributed by atoms with Crippen LogP contribution in [0.2, 0.25) is 0 Å². The van der Waals surface area contributed by atoms with Crippen LogP contribution in [0.25, 0.3) is 0 Å². The zero-order valence-corrected chi connectivity index (χ0v) is 12.4. The fourth-order valence-electron chi connectivity index (χ4n) is 1.41. The molecule has 0 radical (unpaired) electrons. The molecule has 21 heavy (non-hydrogen) atoms. The second-order valence-corrected chi connectivity index (χ2v) is 5.14. The van der Waals surface area contributed by atoms with E-state index in [-0.39, 0.29) is 11.4 Å². The fraction of sp³-hybridized carbons (Fsp3) is 0.500. The molecule has 0 aromatic carbocycles. The summed E-state index contributed by atoms with van der Waals surface area (Å²) in [5, 5.41) is 12.0. The normalized spacial score (nSPS) is 12.0. The van der Waals surface area contributed by atoms with Gasteiger partial charge in [0.2, 0.25) is 5.91 Å². The first-order chi connectivity index (χ1) is 9.82. The first-order valence-electron chi connectivity index (χ1n) is 6.74. The van der Waals surface area contributed by atoms with Gasteiger partial charge in [-0.2, -0.15) is 0 Å². The molecule has 0 aliphatic rings. The molecule has 0 fully saturated rings. The SMILES string of the molecule is CC(C)CCOc1ccnc(C(=O)NC(=O)[C@H](C)N)c1O. The van der Waals surface area contributed by atoms with Crippen molar-refractivity contribution < 1.29 is 19.4 Å². The van der Waals surface area contributed by atoms with Crippen molar-refractivity contribution in [2.45, 2.75) is 33.2 Å². The first-order valence-corrected chi connectivity index (χ1v) is 6.74. The van der Waals surface area contributed by atoms with E-state index in [9.17, 15) is 14.7 Å². The van der Waals surface area contributed by atoms with Crippen LogP contribution in [0.5, 0.6) is 11.5 Å². The summed E-state index contributed by atoms with van der Waals surface area (Å²) in [5.41, 5.74) is 5.08. The number of hydrogen-bond donors (Lipinski definition) is 3. The molecule has 1 atom stereocenters. The Bertz CT molecular complexity index is 515. The lowest BCUT2D eigenvalue weighted by atomic mass is 10.1. The number of nitrogens with one attached hydrogen (secondary N) is 1. The number of nitrogens with zero attached hydrogens (tertiary/aromatic N) is 1. The number of nitrogens with two attached hydrogens (primary N) is 1. The monoisotopic (exact) mass is 295 g/mol. The van der Waals surface area contributed by atoms with Gasteiger partial charge in [-0.1, -0.05) is 13.8 Å². The van der Waals surface area contributed by atoms with Crippen molar-refractivity contribution in [1.29, 1.82) is 0 Å². The highest BCUT2D eigenvalue weighted by Gasteiger charge is 2.20. The average Bonchev–Trinajstić information content (AvgIpc) is 2.40. The highest BCUT2D eigenvalue weighted by atomic mass is 16.5. The molecule has 7 heteroatoms. The summed E-state index contributed by atoms with van der Waals surface area (Å²) in [6.45, 7) is 5.96. The summed E-state index contributed by atoms with van der Waals surface area (Å²) in [6, 6.07) is 0.626. The van der Waals surface area contributed by atoms with E-state index in [1.54, 1.807) is 0 Å². The van der Waals surface area contributed by atoms with Crippen LogP contribution in [0.4, 0.5) is 0 Å². The largest absolute Gasteiger partial charge is 0.503 e. The molecule has 1 rings (SSSR count).